The lowest BCUT2D eigenvalue weighted by Gasteiger charge is -2.37. The summed E-state index contributed by atoms with van der Waals surface area (Å²) < 4.78 is 15.8. The Kier molecular flexibility index (Phi) is 4.95. The molecule has 0 radical (unpaired) electrons. The van der Waals surface area contributed by atoms with Crippen molar-refractivity contribution in [3.05, 3.63) is 51.7 Å². The van der Waals surface area contributed by atoms with Gasteiger partial charge in [-0.25, -0.2) is 14.4 Å². The van der Waals surface area contributed by atoms with Crippen molar-refractivity contribution in [2.75, 3.05) is 13.1 Å². The van der Waals surface area contributed by atoms with Gasteiger partial charge in [0.05, 0.1) is 21.1 Å². The number of halogens is 1. The van der Waals surface area contributed by atoms with Gasteiger partial charge in [0.25, 0.3) is 0 Å². The van der Waals surface area contributed by atoms with Crippen LogP contribution in [0.25, 0.3) is 10.3 Å². The van der Waals surface area contributed by atoms with Crippen LogP contribution < -0.4 is 0 Å². The molecule has 3 aromatic heterocycles. The van der Waals surface area contributed by atoms with Crippen LogP contribution >= 0.6 is 11.3 Å². The number of pyridine rings is 2. The molecule has 0 saturated carbocycles. The number of hydrogen-bond donors (Lipinski definition) is 0. The second kappa shape index (κ2) is 7.24. The number of rotatable bonds is 3. The van der Waals surface area contributed by atoms with Crippen molar-refractivity contribution in [3.63, 3.8) is 0 Å². The van der Waals surface area contributed by atoms with Gasteiger partial charge in [-0.3, -0.25) is 9.88 Å². The van der Waals surface area contributed by atoms with Gasteiger partial charge in [0.15, 0.2) is 5.65 Å². The van der Waals surface area contributed by atoms with Crippen LogP contribution in [-0.2, 0) is 0 Å². The van der Waals surface area contributed by atoms with E-state index in [1.165, 1.54) is 0 Å². The molecule has 4 rings (SSSR count). The number of hydrogen-bond acceptors (Lipinski definition) is 5. The molecule has 2 atom stereocenters. The Bertz CT molecular complexity index is 984. The molecular weight excluding hydrogens is 359 g/mol. The molecule has 142 valence electrons. The molecule has 1 unspecified atom stereocenters. The van der Waals surface area contributed by atoms with Crippen LogP contribution in [0.1, 0.15) is 59.4 Å². The highest BCUT2D eigenvalue weighted by Crippen LogP contribution is 2.34. The maximum absolute atomic E-state index is 14.7. The average molecular weight is 385 g/mol. The van der Waals surface area contributed by atoms with E-state index >= 15 is 0 Å². The van der Waals surface area contributed by atoms with Gasteiger partial charge in [-0.15, -0.1) is 11.3 Å². The molecule has 1 aliphatic rings. The van der Waals surface area contributed by atoms with E-state index in [0.717, 1.165) is 58.2 Å². The van der Waals surface area contributed by atoms with Gasteiger partial charge in [-0.05, 0) is 76.8 Å². The van der Waals surface area contributed by atoms with E-state index in [2.05, 4.69) is 33.9 Å². The summed E-state index contributed by atoms with van der Waals surface area (Å²) in [5.74, 6) is 0.0597. The third-order valence-corrected chi connectivity index (χ3v) is 6.46. The highest BCUT2D eigenvalue weighted by Gasteiger charge is 2.28. The normalized spacial score (nSPS) is 19.5. The Labute approximate surface area is 163 Å². The van der Waals surface area contributed by atoms with Gasteiger partial charge in [-0.1, -0.05) is 0 Å². The smallest absolute Gasteiger partial charge is 0.170 e. The zero-order chi connectivity index (χ0) is 19.1. The number of likely N-dealkylation sites (tertiary alicyclic amines) is 1. The molecule has 0 aliphatic carbocycles. The summed E-state index contributed by atoms with van der Waals surface area (Å²) >= 11 is 1.68. The van der Waals surface area contributed by atoms with Gasteiger partial charge in [0, 0.05) is 18.3 Å². The summed E-state index contributed by atoms with van der Waals surface area (Å²) in [7, 11) is 0. The summed E-state index contributed by atoms with van der Waals surface area (Å²) in [5, 5.41) is 1.04. The summed E-state index contributed by atoms with van der Waals surface area (Å²) in [4.78, 5) is 16.0. The number of piperidine rings is 1. The summed E-state index contributed by atoms with van der Waals surface area (Å²) in [6.07, 6.45) is 2.08. The Hall–Kier alpha value is -1.92. The highest BCUT2D eigenvalue weighted by molar-refractivity contribution is 7.18. The van der Waals surface area contributed by atoms with E-state index in [-0.39, 0.29) is 17.8 Å². The largest absolute Gasteiger partial charge is 0.294 e. The van der Waals surface area contributed by atoms with Crippen LogP contribution in [-0.4, -0.2) is 32.9 Å². The fourth-order valence-electron chi connectivity index (χ4n) is 4.11. The first kappa shape index (κ1) is 18.4. The van der Waals surface area contributed by atoms with Crippen molar-refractivity contribution >= 4 is 21.7 Å². The Morgan fingerprint density at radius 2 is 2.00 bits per heavy atom. The van der Waals surface area contributed by atoms with E-state index in [9.17, 15) is 4.39 Å². The third kappa shape index (κ3) is 3.60. The molecule has 4 heterocycles. The quantitative estimate of drug-likeness (QED) is 0.631. The fraction of sp³-hybridized carbons (Fsp3) is 0.476. The number of fused-ring (bicyclic) bond motifs is 1. The first-order valence-corrected chi connectivity index (χ1v) is 10.4. The lowest BCUT2D eigenvalue weighted by Crippen LogP contribution is -2.37. The van der Waals surface area contributed by atoms with Gasteiger partial charge in [0.2, 0.25) is 0 Å². The monoisotopic (exact) mass is 384 g/mol. The minimum Gasteiger partial charge on any atom is -0.294 e. The van der Waals surface area contributed by atoms with E-state index in [4.69, 9.17) is 4.98 Å². The zero-order valence-corrected chi connectivity index (χ0v) is 17.1. The van der Waals surface area contributed by atoms with Crippen LogP contribution in [0, 0.1) is 26.6 Å². The van der Waals surface area contributed by atoms with E-state index in [0.29, 0.717) is 5.69 Å². The molecule has 6 heteroatoms. The molecule has 4 nitrogen and oxygen atoms in total. The molecule has 1 saturated heterocycles. The SMILES string of the molecule is Cc1cc(C2CCCN([C@@H](C)c3ccc4sc(C)nc4n3)C2)c(F)c(C)n1. The van der Waals surface area contributed by atoms with Crippen molar-refractivity contribution in [3.8, 4) is 0 Å². The zero-order valence-electron chi connectivity index (χ0n) is 16.3. The van der Waals surface area contributed by atoms with Crippen molar-refractivity contribution in [1.29, 1.82) is 0 Å². The molecule has 27 heavy (non-hydrogen) atoms. The van der Waals surface area contributed by atoms with Crippen LogP contribution in [0.4, 0.5) is 4.39 Å². The van der Waals surface area contributed by atoms with Crippen LogP contribution in [0.5, 0.6) is 0 Å². The number of aromatic nitrogens is 3. The van der Waals surface area contributed by atoms with Crippen molar-refractivity contribution < 1.29 is 4.39 Å². The average Bonchev–Trinajstić information content (AvgIpc) is 3.03. The first-order chi connectivity index (χ1) is 12.9. The van der Waals surface area contributed by atoms with E-state index in [1.54, 1.807) is 18.3 Å². The molecule has 3 aromatic rings. The predicted molar refractivity (Wildman–Crippen MR) is 108 cm³/mol. The predicted octanol–water partition coefficient (Wildman–Crippen LogP) is 5.09. The van der Waals surface area contributed by atoms with Gasteiger partial charge in [-0.2, -0.15) is 0 Å². The Balaban J connectivity index is 1.58. The maximum atomic E-state index is 14.7. The van der Waals surface area contributed by atoms with Gasteiger partial charge < -0.3 is 0 Å². The van der Waals surface area contributed by atoms with E-state index in [1.807, 2.05) is 19.9 Å². The summed E-state index contributed by atoms with van der Waals surface area (Å²) in [6.45, 7) is 9.75. The third-order valence-electron chi connectivity index (χ3n) is 5.53. The topological polar surface area (TPSA) is 41.9 Å². The lowest BCUT2D eigenvalue weighted by atomic mass is 9.89. The van der Waals surface area contributed by atoms with Crippen molar-refractivity contribution in [2.24, 2.45) is 0 Å². The Morgan fingerprint density at radius 1 is 1.19 bits per heavy atom. The summed E-state index contributed by atoms with van der Waals surface area (Å²) in [5.41, 5.74) is 4.08. The lowest BCUT2D eigenvalue weighted by molar-refractivity contribution is 0.154. The van der Waals surface area contributed by atoms with Crippen molar-refractivity contribution in [2.45, 2.75) is 52.5 Å². The number of thiazole rings is 1. The Morgan fingerprint density at radius 3 is 2.81 bits per heavy atom. The maximum Gasteiger partial charge on any atom is 0.170 e. The highest BCUT2D eigenvalue weighted by atomic mass is 32.1. The minimum atomic E-state index is -0.141. The molecule has 0 spiro atoms. The van der Waals surface area contributed by atoms with Crippen LogP contribution in [0.15, 0.2) is 18.2 Å². The van der Waals surface area contributed by atoms with Crippen LogP contribution in [0.3, 0.4) is 0 Å². The summed E-state index contributed by atoms with van der Waals surface area (Å²) in [6, 6.07) is 6.33. The molecule has 0 bridgehead atoms. The molecule has 0 amide bonds. The first-order valence-electron chi connectivity index (χ1n) is 9.54. The van der Waals surface area contributed by atoms with E-state index < -0.39 is 0 Å². The molecule has 0 N–H and O–H groups in total. The molecule has 1 fully saturated rings. The standard InChI is InChI=1S/C21H25FN4S/c1-12-10-17(20(22)13(2)23-12)16-6-5-9-26(11-16)14(3)18-7-8-19-21(25-18)24-15(4)27-19/h7-8,10,14,16H,5-6,9,11H2,1-4H3/t14-,16?/m0/s1. The fourth-order valence-corrected chi connectivity index (χ4v) is 4.88. The second-order valence-corrected chi connectivity index (χ2v) is 8.79. The number of nitrogens with zero attached hydrogens (tertiary/aromatic N) is 4. The minimum absolute atomic E-state index is 0.141. The molecular formula is C21H25FN4S. The van der Waals surface area contributed by atoms with Crippen LogP contribution in [0.2, 0.25) is 0 Å². The van der Waals surface area contributed by atoms with Crippen molar-refractivity contribution in [1.82, 2.24) is 19.9 Å². The molecule has 1 aliphatic heterocycles. The second-order valence-electron chi connectivity index (χ2n) is 7.55. The van der Waals surface area contributed by atoms with Gasteiger partial charge in [0.1, 0.15) is 5.82 Å². The number of aryl methyl sites for hydroxylation is 3. The van der Waals surface area contributed by atoms with Gasteiger partial charge >= 0.3 is 0 Å². The molecule has 0 aromatic carbocycles.